The van der Waals surface area contributed by atoms with E-state index in [2.05, 4.69) is 91.8 Å². The SMILES string of the molecule is CO[C@H](C(=O)O[C@H](C)[C@H](c1cc(C)ccc1C)C(C)C)c1ccccc1.Cc1ccc(C)c([C@H](C(C)C)[C@@H](C)O)c1. The topological polar surface area (TPSA) is 55.8 Å². The van der Waals surface area contributed by atoms with Crippen LogP contribution >= 0.6 is 0 Å². The van der Waals surface area contributed by atoms with Gasteiger partial charge in [0.25, 0.3) is 0 Å². The number of benzene rings is 3. The smallest absolute Gasteiger partial charge is 0.340 e. The summed E-state index contributed by atoms with van der Waals surface area (Å²) in [5.74, 6) is 0.834. The highest BCUT2D eigenvalue weighted by Crippen LogP contribution is 2.34. The molecule has 0 unspecified atom stereocenters. The molecule has 0 amide bonds. The molecule has 1 N–H and O–H groups in total. The molecular formula is C37H52O4. The number of aryl methyl sites for hydroxylation is 4. The maximum atomic E-state index is 12.7. The van der Waals surface area contributed by atoms with Crippen LogP contribution in [0.5, 0.6) is 0 Å². The van der Waals surface area contributed by atoms with Gasteiger partial charge >= 0.3 is 5.97 Å². The van der Waals surface area contributed by atoms with Gasteiger partial charge in [0, 0.05) is 18.9 Å². The Morgan fingerprint density at radius 3 is 1.56 bits per heavy atom. The third-order valence-electron chi connectivity index (χ3n) is 7.90. The van der Waals surface area contributed by atoms with Gasteiger partial charge in [-0.3, -0.25) is 0 Å². The molecule has 224 valence electrons. The van der Waals surface area contributed by atoms with Crippen molar-refractivity contribution in [1.29, 1.82) is 0 Å². The Labute approximate surface area is 249 Å². The number of aliphatic hydroxyl groups is 1. The average molecular weight is 561 g/mol. The fraction of sp³-hybridized carbons (Fsp3) is 0.486. The summed E-state index contributed by atoms with van der Waals surface area (Å²) in [7, 11) is 1.54. The second-order valence-corrected chi connectivity index (χ2v) is 12.2. The monoisotopic (exact) mass is 560 g/mol. The van der Waals surface area contributed by atoms with Crippen LogP contribution < -0.4 is 0 Å². The second kappa shape index (κ2) is 15.9. The highest BCUT2D eigenvalue weighted by atomic mass is 16.6. The van der Waals surface area contributed by atoms with Crippen LogP contribution in [0.1, 0.15) is 98.4 Å². The van der Waals surface area contributed by atoms with Crippen LogP contribution in [-0.4, -0.2) is 30.4 Å². The Kier molecular flexibility index (Phi) is 13.3. The minimum Gasteiger partial charge on any atom is -0.460 e. The van der Waals surface area contributed by atoms with E-state index in [0.717, 1.165) is 5.56 Å². The first kappa shape index (κ1) is 34.3. The van der Waals surface area contributed by atoms with Gasteiger partial charge in [0.05, 0.1) is 6.10 Å². The molecule has 0 fully saturated rings. The molecule has 0 aromatic heterocycles. The quantitative estimate of drug-likeness (QED) is 0.252. The van der Waals surface area contributed by atoms with Crippen molar-refractivity contribution in [3.8, 4) is 0 Å². The van der Waals surface area contributed by atoms with Crippen LogP contribution in [0.3, 0.4) is 0 Å². The number of ether oxygens (including phenoxy) is 2. The van der Waals surface area contributed by atoms with Gasteiger partial charge in [0.15, 0.2) is 6.10 Å². The van der Waals surface area contributed by atoms with Gasteiger partial charge in [0.1, 0.15) is 6.10 Å². The van der Waals surface area contributed by atoms with Crippen LogP contribution in [0.2, 0.25) is 0 Å². The Balaban J connectivity index is 0.000000333. The van der Waals surface area contributed by atoms with E-state index in [1.54, 1.807) is 0 Å². The van der Waals surface area contributed by atoms with Crippen molar-refractivity contribution in [2.75, 3.05) is 7.11 Å². The highest BCUT2D eigenvalue weighted by Gasteiger charge is 2.30. The largest absolute Gasteiger partial charge is 0.460 e. The fourth-order valence-corrected chi connectivity index (χ4v) is 5.88. The summed E-state index contributed by atoms with van der Waals surface area (Å²) in [4.78, 5) is 12.7. The van der Waals surface area contributed by atoms with Gasteiger partial charge < -0.3 is 14.6 Å². The number of aliphatic hydroxyl groups excluding tert-OH is 1. The van der Waals surface area contributed by atoms with Gasteiger partial charge in [-0.1, -0.05) is 106 Å². The third-order valence-corrected chi connectivity index (χ3v) is 7.90. The maximum Gasteiger partial charge on any atom is 0.340 e. The molecule has 4 heteroatoms. The van der Waals surface area contributed by atoms with Crippen molar-refractivity contribution in [3.05, 3.63) is 106 Å². The Hall–Kier alpha value is -2.95. The Morgan fingerprint density at radius 2 is 1.15 bits per heavy atom. The van der Waals surface area contributed by atoms with Gasteiger partial charge in [-0.25, -0.2) is 4.79 Å². The average Bonchev–Trinajstić information content (AvgIpc) is 2.89. The van der Waals surface area contributed by atoms with E-state index < -0.39 is 6.10 Å². The summed E-state index contributed by atoms with van der Waals surface area (Å²) in [5.41, 5.74) is 8.33. The summed E-state index contributed by atoms with van der Waals surface area (Å²) in [6, 6.07) is 22.4. The fourth-order valence-electron chi connectivity index (χ4n) is 5.88. The number of carbonyl (C=O) groups excluding carboxylic acids is 1. The number of esters is 1. The van der Waals surface area contributed by atoms with Gasteiger partial charge in [-0.15, -0.1) is 0 Å². The van der Waals surface area contributed by atoms with Crippen LogP contribution in [0.25, 0.3) is 0 Å². The third kappa shape index (κ3) is 9.55. The first-order chi connectivity index (χ1) is 19.3. The van der Waals surface area contributed by atoms with Crippen molar-refractivity contribution in [2.45, 2.75) is 99.4 Å². The molecule has 0 aliphatic carbocycles. The van der Waals surface area contributed by atoms with E-state index in [4.69, 9.17) is 9.47 Å². The maximum absolute atomic E-state index is 12.7. The number of methoxy groups -OCH3 is 1. The molecule has 3 rings (SSSR count). The molecule has 0 saturated carbocycles. The number of hydrogen-bond donors (Lipinski definition) is 1. The summed E-state index contributed by atoms with van der Waals surface area (Å²) in [5, 5.41) is 9.85. The summed E-state index contributed by atoms with van der Waals surface area (Å²) in [6.07, 6.45) is -1.24. The van der Waals surface area contributed by atoms with E-state index in [1.165, 1.54) is 40.5 Å². The lowest BCUT2D eigenvalue weighted by molar-refractivity contribution is -0.162. The molecule has 0 radical (unpaired) electrons. The zero-order valence-corrected chi connectivity index (χ0v) is 27.1. The highest BCUT2D eigenvalue weighted by molar-refractivity contribution is 5.76. The first-order valence-corrected chi connectivity index (χ1v) is 14.9. The van der Waals surface area contributed by atoms with Crippen molar-refractivity contribution in [3.63, 3.8) is 0 Å². The summed E-state index contributed by atoms with van der Waals surface area (Å²) < 4.78 is 11.3. The van der Waals surface area contributed by atoms with E-state index >= 15 is 0 Å². The molecule has 0 bridgehead atoms. The predicted octanol–water partition coefficient (Wildman–Crippen LogP) is 8.79. The van der Waals surface area contributed by atoms with Crippen LogP contribution in [0, 0.1) is 39.5 Å². The Bertz CT molecular complexity index is 1220. The summed E-state index contributed by atoms with van der Waals surface area (Å²) in [6.45, 7) is 20.9. The van der Waals surface area contributed by atoms with Crippen molar-refractivity contribution >= 4 is 5.97 Å². The van der Waals surface area contributed by atoms with E-state index in [1.807, 2.05) is 44.2 Å². The standard InChI is InChI=1S/C23H30O3.C14H22O/c1-15(2)21(20-14-16(3)12-13-17(20)4)18(5)26-23(24)22(25-6)19-10-8-7-9-11-19;1-9(2)14(12(5)15)13-8-10(3)6-7-11(13)4/h7-15,18,21-22H,1-6H3;6-9,12,14-15H,1-5H3/t18-,21-,22+;12-,14-/m11/s1. The number of hydrogen-bond acceptors (Lipinski definition) is 4. The lowest BCUT2D eigenvalue weighted by atomic mass is 9.81. The molecule has 3 aromatic rings. The zero-order chi connectivity index (χ0) is 30.9. The first-order valence-electron chi connectivity index (χ1n) is 14.9. The molecule has 4 nitrogen and oxygen atoms in total. The van der Waals surface area contributed by atoms with Crippen LogP contribution in [0.15, 0.2) is 66.7 Å². The van der Waals surface area contributed by atoms with Crippen LogP contribution in [-0.2, 0) is 14.3 Å². The van der Waals surface area contributed by atoms with Gasteiger partial charge in [0.2, 0.25) is 0 Å². The van der Waals surface area contributed by atoms with Crippen LogP contribution in [0.4, 0.5) is 0 Å². The number of carbonyl (C=O) groups is 1. The van der Waals surface area contributed by atoms with E-state index in [9.17, 15) is 9.90 Å². The summed E-state index contributed by atoms with van der Waals surface area (Å²) >= 11 is 0. The molecule has 0 aliphatic heterocycles. The zero-order valence-electron chi connectivity index (χ0n) is 27.1. The molecule has 41 heavy (non-hydrogen) atoms. The lowest BCUT2D eigenvalue weighted by Crippen LogP contribution is -2.29. The van der Waals surface area contributed by atoms with Crippen molar-refractivity contribution < 1.29 is 19.4 Å². The van der Waals surface area contributed by atoms with Crippen molar-refractivity contribution in [1.82, 2.24) is 0 Å². The number of rotatable bonds is 10. The lowest BCUT2D eigenvalue weighted by Gasteiger charge is -2.30. The Morgan fingerprint density at radius 1 is 0.683 bits per heavy atom. The second-order valence-electron chi connectivity index (χ2n) is 12.2. The van der Waals surface area contributed by atoms with E-state index in [0.29, 0.717) is 11.8 Å². The molecule has 0 spiro atoms. The molecular weight excluding hydrogens is 508 g/mol. The minimum absolute atomic E-state index is 0.132. The molecule has 0 heterocycles. The molecule has 0 aliphatic rings. The van der Waals surface area contributed by atoms with Crippen molar-refractivity contribution in [2.24, 2.45) is 11.8 Å². The van der Waals surface area contributed by atoms with E-state index in [-0.39, 0.29) is 30.0 Å². The van der Waals surface area contributed by atoms with Gasteiger partial charge in [-0.05, 0) is 81.2 Å². The molecule has 0 saturated heterocycles. The molecule has 3 aromatic carbocycles. The predicted molar refractivity (Wildman–Crippen MR) is 170 cm³/mol. The van der Waals surface area contributed by atoms with Gasteiger partial charge in [-0.2, -0.15) is 0 Å². The molecule has 5 atom stereocenters. The normalized spacial score (nSPS) is 15.0. The minimum atomic E-state index is -0.704.